The number of sulfone groups is 1. The van der Waals surface area contributed by atoms with E-state index in [0.29, 0.717) is 24.1 Å². The summed E-state index contributed by atoms with van der Waals surface area (Å²) in [6.07, 6.45) is 2.23. The Morgan fingerprint density at radius 3 is 2.44 bits per heavy atom. The van der Waals surface area contributed by atoms with E-state index in [9.17, 15) is 16.8 Å². The molecule has 1 aromatic carbocycles. The smallest absolute Gasteiger partial charge is 0.233 e. The monoisotopic (exact) mass is 475 g/mol. The van der Waals surface area contributed by atoms with Crippen LogP contribution in [0.5, 0.6) is 0 Å². The van der Waals surface area contributed by atoms with E-state index in [-0.39, 0.29) is 16.3 Å². The summed E-state index contributed by atoms with van der Waals surface area (Å²) in [6, 6.07) is 9.90. The predicted molar refractivity (Wildman–Crippen MR) is 117 cm³/mol. The fourth-order valence-corrected chi connectivity index (χ4v) is 7.22. The van der Waals surface area contributed by atoms with Crippen molar-refractivity contribution in [3.05, 3.63) is 42.6 Å². The first-order valence-electron chi connectivity index (χ1n) is 9.80. The molecule has 0 aliphatic heterocycles. The van der Waals surface area contributed by atoms with E-state index in [1.165, 1.54) is 12.1 Å². The lowest BCUT2D eigenvalue weighted by Gasteiger charge is -2.20. The summed E-state index contributed by atoms with van der Waals surface area (Å²) in [5.41, 5.74) is 1.54. The first kappa shape index (κ1) is 22.0. The third-order valence-electron chi connectivity index (χ3n) is 5.33. The molecule has 0 aliphatic carbocycles. The maximum Gasteiger partial charge on any atom is 0.240 e. The van der Waals surface area contributed by atoms with Crippen LogP contribution in [-0.2, 0) is 19.9 Å². The Balaban J connectivity index is 2.17. The van der Waals surface area contributed by atoms with Crippen LogP contribution in [0.3, 0.4) is 0 Å². The maximum atomic E-state index is 13.4. The number of rotatable bonds is 7. The first-order chi connectivity index (χ1) is 15.2. The van der Waals surface area contributed by atoms with Crippen LogP contribution in [0.1, 0.15) is 26.7 Å². The number of benzene rings is 1. The van der Waals surface area contributed by atoms with Gasteiger partial charge >= 0.3 is 0 Å². The number of tetrazole rings is 1. The second-order valence-electron chi connectivity index (χ2n) is 7.16. The van der Waals surface area contributed by atoms with Crippen molar-refractivity contribution in [1.29, 1.82) is 0 Å². The van der Waals surface area contributed by atoms with Crippen molar-refractivity contribution in [3.8, 4) is 22.6 Å². The van der Waals surface area contributed by atoms with E-state index in [1.807, 2.05) is 6.07 Å². The number of primary sulfonamides is 1. The maximum absolute atomic E-state index is 13.4. The summed E-state index contributed by atoms with van der Waals surface area (Å²) in [5, 5.41) is 22.8. The molecule has 0 bridgehead atoms. The molecule has 13 heteroatoms. The highest BCUT2D eigenvalue weighted by Crippen LogP contribution is 2.40. The van der Waals surface area contributed by atoms with Gasteiger partial charge in [-0.1, -0.05) is 26.0 Å². The molecule has 168 valence electrons. The molecule has 0 fully saturated rings. The zero-order chi connectivity index (χ0) is 23.1. The van der Waals surface area contributed by atoms with Crippen LogP contribution >= 0.6 is 0 Å². The summed E-state index contributed by atoms with van der Waals surface area (Å²) in [6.45, 7) is 3.46. The number of H-pyrrole nitrogens is 1. The van der Waals surface area contributed by atoms with Gasteiger partial charge in [-0.05, 0) is 42.3 Å². The molecule has 3 heterocycles. The van der Waals surface area contributed by atoms with Gasteiger partial charge in [-0.3, -0.25) is 0 Å². The second kappa shape index (κ2) is 8.07. The Kier molecular flexibility index (Phi) is 5.56. The lowest BCUT2D eigenvalue weighted by Crippen LogP contribution is -2.25. The largest absolute Gasteiger partial charge is 0.240 e. The van der Waals surface area contributed by atoms with E-state index < -0.39 is 30.0 Å². The average Bonchev–Trinajstić information content (AvgIpc) is 3.44. The summed E-state index contributed by atoms with van der Waals surface area (Å²) in [5.74, 6) is -0.102. The van der Waals surface area contributed by atoms with E-state index >= 15 is 0 Å². The van der Waals surface area contributed by atoms with Crippen molar-refractivity contribution in [2.45, 2.75) is 41.7 Å². The highest BCUT2D eigenvalue weighted by atomic mass is 32.2. The molecule has 0 aliphatic rings. The molecule has 0 unspecified atom stereocenters. The molecule has 11 nitrogen and oxygen atoms in total. The minimum Gasteiger partial charge on any atom is -0.233 e. The van der Waals surface area contributed by atoms with Gasteiger partial charge in [-0.25, -0.2) is 26.5 Å². The molecule has 4 rings (SSSR count). The van der Waals surface area contributed by atoms with E-state index in [1.54, 1.807) is 42.8 Å². The van der Waals surface area contributed by atoms with Crippen LogP contribution in [0.4, 0.5) is 0 Å². The summed E-state index contributed by atoms with van der Waals surface area (Å²) >= 11 is 0. The summed E-state index contributed by atoms with van der Waals surface area (Å²) in [4.78, 5) is -0.947. The third-order valence-corrected chi connectivity index (χ3v) is 8.95. The molecule has 3 N–H and O–H groups in total. The molecule has 0 spiro atoms. The highest BCUT2D eigenvalue weighted by molar-refractivity contribution is 7.94. The first-order valence-corrected chi connectivity index (χ1v) is 12.9. The summed E-state index contributed by atoms with van der Waals surface area (Å²) < 4.78 is 54.0. The van der Waals surface area contributed by atoms with Crippen molar-refractivity contribution in [2.24, 2.45) is 5.14 Å². The number of hydrogen-bond acceptors (Lipinski definition) is 8. The number of aromatic amines is 1. The van der Waals surface area contributed by atoms with E-state index in [2.05, 4.69) is 25.7 Å². The number of nitrogens with one attached hydrogen (secondary N) is 1. The number of pyridine rings is 1. The quantitative estimate of drug-likeness (QED) is 0.408. The number of nitrogens with two attached hydrogens (primary N) is 1. The molecule has 4 aromatic rings. The summed E-state index contributed by atoms with van der Waals surface area (Å²) in [7, 11) is -8.55. The number of aromatic nitrogens is 6. The molecule has 0 radical (unpaired) electrons. The molecule has 3 aromatic heterocycles. The van der Waals surface area contributed by atoms with Gasteiger partial charge in [0.15, 0.2) is 9.84 Å². The van der Waals surface area contributed by atoms with Gasteiger partial charge in [0.1, 0.15) is 4.90 Å². The number of nitrogens with zero attached hydrogens (tertiary/aromatic N) is 5. The van der Waals surface area contributed by atoms with Crippen LogP contribution in [0.2, 0.25) is 0 Å². The van der Waals surface area contributed by atoms with Crippen molar-refractivity contribution < 1.29 is 16.8 Å². The van der Waals surface area contributed by atoms with Crippen LogP contribution in [0, 0.1) is 0 Å². The van der Waals surface area contributed by atoms with Gasteiger partial charge in [0, 0.05) is 5.56 Å². The van der Waals surface area contributed by atoms with Crippen molar-refractivity contribution in [3.63, 3.8) is 0 Å². The Bertz CT molecular complexity index is 1490. The minimum absolute atomic E-state index is 0.0590. The predicted octanol–water partition coefficient (Wildman–Crippen LogP) is 1.79. The van der Waals surface area contributed by atoms with Crippen LogP contribution in [0.15, 0.2) is 52.4 Å². The zero-order valence-electron chi connectivity index (χ0n) is 17.3. The third kappa shape index (κ3) is 3.57. The molecule has 0 atom stereocenters. The van der Waals surface area contributed by atoms with Crippen molar-refractivity contribution in [2.75, 3.05) is 0 Å². The van der Waals surface area contributed by atoms with Gasteiger partial charge < -0.3 is 0 Å². The van der Waals surface area contributed by atoms with Crippen molar-refractivity contribution in [1.82, 2.24) is 30.2 Å². The van der Waals surface area contributed by atoms with Gasteiger partial charge in [0.2, 0.25) is 15.8 Å². The Labute approximate surface area is 184 Å². The van der Waals surface area contributed by atoms with Gasteiger partial charge in [0.25, 0.3) is 0 Å². The average molecular weight is 476 g/mol. The van der Waals surface area contributed by atoms with E-state index in [0.717, 1.165) is 5.52 Å². The number of sulfonamides is 1. The fraction of sp³-hybridized carbons (Fsp3) is 0.263. The van der Waals surface area contributed by atoms with Crippen LogP contribution in [-0.4, -0.2) is 52.3 Å². The topological polar surface area (TPSA) is 166 Å². The minimum atomic E-state index is -4.52. The van der Waals surface area contributed by atoms with Crippen LogP contribution < -0.4 is 5.14 Å². The zero-order valence-corrected chi connectivity index (χ0v) is 18.9. The lowest BCUT2D eigenvalue weighted by molar-refractivity contribution is 0.565. The van der Waals surface area contributed by atoms with Gasteiger partial charge in [0.05, 0.1) is 33.1 Å². The Hall–Kier alpha value is -3.16. The fourth-order valence-electron chi connectivity index (χ4n) is 3.83. The highest BCUT2D eigenvalue weighted by Gasteiger charge is 2.35. The standard InChI is InChI=1S/C19H21N7O4S2/c1-3-13(4-2)31(27,28)16-9-8-14(15-7-5-6-12-10-11-21-26(12)15)17(18(16)32(20,29)30)19-22-24-25-23-19/h5-11,13H,3-4H2,1-2H3,(H2,20,29,30)(H,22,23,24,25). The van der Waals surface area contributed by atoms with E-state index in [4.69, 9.17) is 5.14 Å². The number of hydrogen-bond donors (Lipinski definition) is 2. The number of fused-ring (bicyclic) bond motifs is 1. The van der Waals surface area contributed by atoms with Crippen molar-refractivity contribution >= 4 is 25.4 Å². The molecule has 0 amide bonds. The molecule has 0 saturated heterocycles. The second-order valence-corrected chi connectivity index (χ2v) is 10.9. The molecule has 0 saturated carbocycles. The molecule has 32 heavy (non-hydrogen) atoms. The SMILES string of the molecule is CCC(CC)S(=O)(=O)c1ccc(-c2cccc3ccnn23)c(-c2nn[nH]n2)c1S(N)(=O)=O. The van der Waals surface area contributed by atoms with Crippen LogP contribution in [0.25, 0.3) is 28.2 Å². The van der Waals surface area contributed by atoms with Gasteiger partial charge in [-0.15, -0.1) is 10.2 Å². The Morgan fingerprint density at radius 2 is 1.81 bits per heavy atom. The van der Waals surface area contributed by atoms with Gasteiger partial charge in [-0.2, -0.15) is 10.3 Å². The Morgan fingerprint density at radius 1 is 1.06 bits per heavy atom. The molecular weight excluding hydrogens is 454 g/mol. The molecular formula is C19H21N7O4S2. The lowest BCUT2D eigenvalue weighted by atomic mass is 10.0. The normalized spacial score (nSPS) is 12.6.